The van der Waals surface area contributed by atoms with Gasteiger partial charge in [0.15, 0.2) is 0 Å². The highest BCUT2D eigenvalue weighted by atomic mass is 19.4. The molecule has 0 bridgehead atoms. The molecule has 27 heavy (non-hydrogen) atoms. The average molecular weight is 384 g/mol. The lowest BCUT2D eigenvalue weighted by Crippen LogP contribution is -2.39. The molecule has 0 atom stereocenters. The van der Waals surface area contributed by atoms with Gasteiger partial charge in [0.25, 0.3) is 0 Å². The Kier molecular flexibility index (Phi) is 5.77. The fourth-order valence-electron chi connectivity index (χ4n) is 3.67. The zero-order chi connectivity index (χ0) is 19.5. The highest BCUT2D eigenvalue weighted by Crippen LogP contribution is 2.51. The Morgan fingerprint density at radius 3 is 2.41 bits per heavy atom. The van der Waals surface area contributed by atoms with E-state index in [0.29, 0.717) is 25.1 Å². The molecule has 1 saturated carbocycles. The molecule has 0 unspecified atom stereocenters. The van der Waals surface area contributed by atoms with E-state index in [9.17, 15) is 17.6 Å². The number of nitrogens with zero attached hydrogens (tertiary/aromatic N) is 2. The third-order valence-electron chi connectivity index (χ3n) is 5.21. The summed E-state index contributed by atoms with van der Waals surface area (Å²) in [6.45, 7) is 1.92. The lowest BCUT2D eigenvalue weighted by molar-refractivity contribution is -0.228. The summed E-state index contributed by atoms with van der Waals surface area (Å²) in [5.74, 6) is -0.0133. The minimum atomic E-state index is -4.27. The van der Waals surface area contributed by atoms with Gasteiger partial charge in [-0.1, -0.05) is 38.3 Å². The highest BCUT2D eigenvalue weighted by Gasteiger charge is 2.56. The van der Waals surface area contributed by atoms with E-state index in [4.69, 9.17) is 4.74 Å². The Morgan fingerprint density at radius 2 is 1.81 bits per heavy atom. The first-order valence-corrected chi connectivity index (χ1v) is 9.34. The molecule has 0 amide bonds. The molecule has 1 aliphatic rings. The van der Waals surface area contributed by atoms with Gasteiger partial charge in [0.1, 0.15) is 12.4 Å². The van der Waals surface area contributed by atoms with Crippen molar-refractivity contribution in [3.05, 3.63) is 47.4 Å². The standard InChI is InChI=1S/C20H24F4N2O/c1-2-5-17-12-18(27-13-15-6-8-16(21)9-7-15)26(25-17)14-19(20(22,23)24)10-3-4-11-19/h6-9,12H,2-5,10-11,13-14H2,1H3. The molecule has 0 saturated heterocycles. The number of hydrogen-bond donors (Lipinski definition) is 0. The maximum atomic E-state index is 13.8. The number of aromatic nitrogens is 2. The Hall–Kier alpha value is -2.05. The van der Waals surface area contributed by atoms with E-state index in [-0.39, 0.29) is 31.8 Å². The van der Waals surface area contributed by atoms with Crippen LogP contribution >= 0.6 is 0 Å². The molecule has 3 rings (SSSR count). The number of hydrogen-bond acceptors (Lipinski definition) is 2. The van der Waals surface area contributed by atoms with Gasteiger partial charge in [-0.05, 0) is 37.0 Å². The van der Waals surface area contributed by atoms with Crippen LogP contribution in [0.4, 0.5) is 17.6 Å². The first-order chi connectivity index (χ1) is 12.8. The number of aryl methyl sites for hydroxylation is 1. The molecule has 1 aliphatic carbocycles. The van der Waals surface area contributed by atoms with Crippen LogP contribution in [0.2, 0.25) is 0 Å². The molecule has 1 heterocycles. The van der Waals surface area contributed by atoms with Crippen molar-refractivity contribution in [2.24, 2.45) is 5.41 Å². The van der Waals surface area contributed by atoms with Gasteiger partial charge in [-0.3, -0.25) is 0 Å². The maximum absolute atomic E-state index is 13.8. The normalized spacial score (nSPS) is 16.6. The van der Waals surface area contributed by atoms with Gasteiger partial charge < -0.3 is 4.74 Å². The molecule has 1 aromatic heterocycles. The second-order valence-corrected chi connectivity index (χ2v) is 7.28. The summed E-state index contributed by atoms with van der Waals surface area (Å²) in [5, 5.41) is 4.38. The average Bonchev–Trinajstić information content (AvgIpc) is 3.23. The Bertz CT molecular complexity index is 746. The predicted octanol–water partition coefficient (Wildman–Crippen LogP) is 5.68. The molecular weight excluding hydrogens is 360 g/mol. The van der Waals surface area contributed by atoms with Crippen molar-refractivity contribution in [1.29, 1.82) is 0 Å². The van der Waals surface area contributed by atoms with E-state index in [1.54, 1.807) is 18.2 Å². The third-order valence-corrected chi connectivity index (χ3v) is 5.21. The first-order valence-electron chi connectivity index (χ1n) is 9.34. The molecule has 7 heteroatoms. The SMILES string of the molecule is CCCc1cc(OCc2ccc(F)cc2)n(CC2(C(F)(F)F)CCCC2)n1. The van der Waals surface area contributed by atoms with Crippen LogP contribution in [-0.4, -0.2) is 16.0 Å². The van der Waals surface area contributed by atoms with E-state index in [2.05, 4.69) is 5.10 Å². The molecule has 0 spiro atoms. The van der Waals surface area contributed by atoms with Crippen molar-refractivity contribution in [3.8, 4) is 5.88 Å². The maximum Gasteiger partial charge on any atom is 0.396 e. The number of rotatable bonds is 7. The van der Waals surface area contributed by atoms with E-state index < -0.39 is 11.6 Å². The molecule has 1 aromatic carbocycles. The van der Waals surface area contributed by atoms with E-state index in [1.807, 2.05) is 6.92 Å². The van der Waals surface area contributed by atoms with Crippen LogP contribution in [0, 0.1) is 11.2 Å². The van der Waals surface area contributed by atoms with E-state index in [0.717, 1.165) is 17.7 Å². The first kappa shape index (κ1) is 19.7. The Morgan fingerprint density at radius 1 is 1.15 bits per heavy atom. The molecule has 1 fully saturated rings. The zero-order valence-corrected chi connectivity index (χ0v) is 15.4. The fraction of sp³-hybridized carbons (Fsp3) is 0.550. The summed E-state index contributed by atoms with van der Waals surface area (Å²) in [7, 11) is 0. The van der Waals surface area contributed by atoms with E-state index >= 15 is 0 Å². The van der Waals surface area contributed by atoms with Crippen LogP contribution in [0.15, 0.2) is 30.3 Å². The largest absolute Gasteiger partial charge is 0.473 e. The number of ether oxygens (including phenoxy) is 1. The monoisotopic (exact) mass is 384 g/mol. The van der Waals surface area contributed by atoms with Gasteiger partial charge in [0, 0.05) is 6.07 Å². The lowest BCUT2D eigenvalue weighted by atomic mass is 9.85. The second kappa shape index (κ2) is 7.90. The van der Waals surface area contributed by atoms with Gasteiger partial charge in [0.05, 0.1) is 17.7 Å². The van der Waals surface area contributed by atoms with Gasteiger partial charge >= 0.3 is 6.18 Å². The van der Waals surface area contributed by atoms with Gasteiger partial charge in [-0.15, -0.1) is 0 Å². The predicted molar refractivity (Wildman–Crippen MR) is 93.9 cm³/mol. The molecule has 3 nitrogen and oxygen atoms in total. The van der Waals surface area contributed by atoms with E-state index in [1.165, 1.54) is 16.8 Å². The zero-order valence-electron chi connectivity index (χ0n) is 15.4. The van der Waals surface area contributed by atoms with Gasteiger partial charge in [-0.2, -0.15) is 18.3 Å². The van der Waals surface area contributed by atoms with Crippen LogP contribution in [0.25, 0.3) is 0 Å². The smallest absolute Gasteiger partial charge is 0.396 e. The van der Waals surface area contributed by atoms with Crippen molar-refractivity contribution >= 4 is 0 Å². The Balaban J connectivity index is 1.82. The van der Waals surface area contributed by atoms with Crippen LogP contribution < -0.4 is 4.74 Å². The lowest BCUT2D eigenvalue weighted by Gasteiger charge is -2.31. The van der Waals surface area contributed by atoms with Gasteiger partial charge in [0.2, 0.25) is 5.88 Å². The van der Waals surface area contributed by atoms with Crippen LogP contribution in [0.3, 0.4) is 0 Å². The number of halogens is 4. The second-order valence-electron chi connectivity index (χ2n) is 7.28. The minimum Gasteiger partial charge on any atom is -0.473 e. The van der Waals surface area contributed by atoms with Crippen molar-refractivity contribution < 1.29 is 22.3 Å². The minimum absolute atomic E-state index is 0.122. The molecule has 0 aliphatic heterocycles. The summed E-state index contributed by atoms with van der Waals surface area (Å²) < 4.78 is 61.4. The molecule has 0 radical (unpaired) electrons. The van der Waals surface area contributed by atoms with Gasteiger partial charge in [-0.25, -0.2) is 9.07 Å². The quantitative estimate of drug-likeness (QED) is 0.575. The summed E-state index contributed by atoms with van der Waals surface area (Å²) in [4.78, 5) is 0. The summed E-state index contributed by atoms with van der Waals surface area (Å²) in [6.07, 6.45) is -1.34. The number of benzene rings is 1. The Labute approximate surface area is 156 Å². The third kappa shape index (κ3) is 4.45. The van der Waals surface area contributed by atoms with Crippen molar-refractivity contribution in [1.82, 2.24) is 9.78 Å². The topological polar surface area (TPSA) is 27.1 Å². The van der Waals surface area contributed by atoms with Crippen molar-refractivity contribution in [2.45, 2.75) is 64.8 Å². The summed E-state index contributed by atoms with van der Waals surface area (Å²) in [6, 6.07) is 7.56. The molecular formula is C20H24F4N2O. The number of alkyl halides is 3. The van der Waals surface area contributed by atoms with Crippen LogP contribution in [0.5, 0.6) is 5.88 Å². The van der Waals surface area contributed by atoms with Crippen LogP contribution in [-0.2, 0) is 19.6 Å². The van der Waals surface area contributed by atoms with Crippen LogP contribution in [0.1, 0.15) is 50.3 Å². The fourth-order valence-corrected chi connectivity index (χ4v) is 3.67. The molecule has 2 aromatic rings. The van der Waals surface area contributed by atoms with Crippen molar-refractivity contribution in [2.75, 3.05) is 0 Å². The van der Waals surface area contributed by atoms with Crippen molar-refractivity contribution in [3.63, 3.8) is 0 Å². The molecule has 0 N–H and O–H groups in total. The highest BCUT2D eigenvalue weighted by molar-refractivity contribution is 5.20. The molecule has 148 valence electrons. The summed E-state index contributed by atoms with van der Waals surface area (Å²) in [5.41, 5.74) is -0.272. The summed E-state index contributed by atoms with van der Waals surface area (Å²) >= 11 is 0.